The number of aliphatic hydroxyl groups is 1. The number of hydrogen-bond donors (Lipinski definition) is 2. The van der Waals surface area contributed by atoms with Crippen LogP contribution in [-0.4, -0.2) is 20.3 Å². The molecule has 2 atom stereocenters. The molecule has 0 aliphatic carbocycles. The van der Waals surface area contributed by atoms with E-state index in [-0.39, 0.29) is 11.7 Å². The van der Waals surface area contributed by atoms with Crippen LogP contribution in [0.1, 0.15) is 18.6 Å². The topological polar surface area (TPSA) is 73.2 Å². The van der Waals surface area contributed by atoms with Gasteiger partial charge in [0.25, 0.3) is 0 Å². The molecule has 0 aliphatic heterocycles. The maximum atomic E-state index is 11.7. The number of hydrogen-bond acceptors (Lipinski definition) is 3. The summed E-state index contributed by atoms with van der Waals surface area (Å²) < 4.78 is 3.14. The molecule has 1 heterocycles. The first-order chi connectivity index (χ1) is 7.93. The van der Waals surface area contributed by atoms with E-state index in [1.165, 1.54) is 0 Å². The fraction of sp³-hybridized carbons (Fsp3) is 0.417. The van der Waals surface area contributed by atoms with E-state index < -0.39 is 6.10 Å². The highest BCUT2D eigenvalue weighted by molar-refractivity contribution is 5.77. The Balaban J connectivity index is 2.66. The molecule has 1 aromatic heterocycles. The van der Waals surface area contributed by atoms with Gasteiger partial charge in [0, 0.05) is 20.1 Å². The summed E-state index contributed by atoms with van der Waals surface area (Å²) in [6.45, 7) is 1.75. The lowest BCUT2D eigenvalue weighted by Crippen LogP contribution is -2.24. The Hall–Kier alpha value is -1.59. The minimum absolute atomic E-state index is 0.0764. The van der Waals surface area contributed by atoms with Gasteiger partial charge in [-0.1, -0.05) is 6.07 Å². The summed E-state index contributed by atoms with van der Waals surface area (Å²) in [6.07, 6.45) is -0.713. The van der Waals surface area contributed by atoms with Crippen LogP contribution in [0.4, 0.5) is 0 Å². The van der Waals surface area contributed by atoms with E-state index in [1.54, 1.807) is 36.2 Å². The predicted octanol–water partition coefficient (Wildman–Crippen LogP) is 0.258. The van der Waals surface area contributed by atoms with Crippen molar-refractivity contribution < 1.29 is 5.11 Å². The SMILES string of the molecule is CC(N)C(O)c1ccc2c(c1)n(C)c(=O)n2C. The highest BCUT2D eigenvalue weighted by Gasteiger charge is 2.15. The molecular formula is C12H17N3O2. The summed E-state index contributed by atoms with van der Waals surface area (Å²) in [7, 11) is 3.44. The zero-order chi connectivity index (χ0) is 12.7. The summed E-state index contributed by atoms with van der Waals surface area (Å²) >= 11 is 0. The van der Waals surface area contributed by atoms with Crippen molar-refractivity contribution >= 4 is 11.0 Å². The van der Waals surface area contributed by atoms with Crippen LogP contribution in [0, 0.1) is 0 Å². The molecule has 5 nitrogen and oxygen atoms in total. The molecule has 0 amide bonds. The minimum Gasteiger partial charge on any atom is -0.387 e. The summed E-state index contributed by atoms with van der Waals surface area (Å²) in [6, 6.07) is 5.10. The van der Waals surface area contributed by atoms with Crippen molar-refractivity contribution in [2.45, 2.75) is 19.1 Å². The van der Waals surface area contributed by atoms with Crippen LogP contribution in [-0.2, 0) is 14.1 Å². The number of nitrogens with zero attached hydrogens (tertiary/aromatic N) is 2. The number of rotatable bonds is 2. The van der Waals surface area contributed by atoms with Gasteiger partial charge < -0.3 is 10.8 Å². The van der Waals surface area contributed by atoms with E-state index in [2.05, 4.69) is 0 Å². The molecule has 17 heavy (non-hydrogen) atoms. The van der Waals surface area contributed by atoms with Crippen molar-refractivity contribution in [2.24, 2.45) is 19.8 Å². The van der Waals surface area contributed by atoms with Gasteiger partial charge in [-0.2, -0.15) is 0 Å². The fourth-order valence-electron chi connectivity index (χ4n) is 2.01. The van der Waals surface area contributed by atoms with Crippen molar-refractivity contribution in [2.75, 3.05) is 0 Å². The monoisotopic (exact) mass is 235 g/mol. The average molecular weight is 235 g/mol. The van der Waals surface area contributed by atoms with Crippen LogP contribution in [0.25, 0.3) is 11.0 Å². The molecule has 0 bridgehead atoms. The Morgan fingerprint density at radius 2 is 1.82 bits per heavy atom. The van der Waals surface area contributed by atoms with Gasteiger partial charge in [0.2, 0.25) is 0 Å². The van der Waals surface area contributed by atoms with E-state index in [0.717, 1.165) is 16.6 Å². The number of nitrogens with two attached hydrogens (primary N) is 1. The lowest BCUT2D eigenvalue weighted by molar-refractivity contribution is 0.153. The molecule has 92 valence electrons. The molecule has 0 saturated heterocycles. The molecule has 0 saturated carbocycles. The van der Waals surface area contributed by atoms with Crippen molar-refractivity contribution in [3.63, 3.8) is 0 Å². The molecule has 2 rings (SSSR count). The molecule has 1 aromatic carbocycles. The van der Waals surface area contributed by atoms with Gasteiger partial charge in [-0.15, -0.1) is 0 Å². The summed E-state index contributed by atoms with van der Waals surface area (Å²) in [5.41, 5.74) is 7.96. The normalized spacial score (nSPS) is 15.1. The fourth-order valence-corrected chi connectivity index (χ4v) is 2.01. The number of aryl methyl sites for hydroxylation is 2. The largest absolute Gasteiger partial charge is 0.387 e. The van der Waals surface area contributed by atoms with Crippen LogP contribution < -0.4 is 11.4 Å². The second-order valence-corrected chi connectivity index (χ2v) is 4.45. The number of fused-ring (bicyclic) bond motifs is 1. The zero-order valence-electron chi connectivity index (χ0n) is 10.2. The third-order valence-electron chi connectivity index (χ3n) is 3.14. The molecule has 0 spiro atoms. The Labute approximate surface area is 99.1 Å². The Morgan fingerprint density at radius 3 is 2.41 bits per heavy atom. The second kappa shape index (κ2) is 4.01. The first-order valence-electron chi connectivity index (χ1n) is 5.52. The lowest BCUT2D eigenvalue weighted by Gasteiger charge is -2.14. The van der Waals surface area contributed by atoms with Crippen LogP contribution in [0.15, 0.2) is 23.0 Å². The first-order valence-corrected chi connectivity index (χ1v) is 5.52. The first kappa shape index (κ1) is 11.9. The molecule has 2 aromatic rings. The third kappa shape index (κ3) is 1.77. The smallest absolute Gasteiger partial charge is 0.328 e. The van der Waals surface area contributed by atoms with Gasteiger partial charge in [-0.05, 0) is 24.6 Å². The second-order valence-electron chi connectivity index (χ2n) is 4.45. The minimum atomic E-state index is -0.713. The number of imidazole rings is 1. The Bertz CT molecular complexity index is 610. The highest BCUT2D eigenvalue weighted by atomic mass is 16.3. The predicted molar refractivity (Wildman–Crippen MR) is 66.8 cm³/mol. The van der Waals surface area contributed by atoms with E-state index in [1.807, 2.05) is 12.1 Å². The Kier molecular flexibility index (Phi) is 2.81. The lowest BCUT2D eigenvalue weighted by atomic mass is 10.0. The van der Waals surface area contributed by atoms with Gasteiger partial charge in [-0.3, -0.25) is 9.13 Å². The number of aromatic nitrogens is 2. The van der Waals surface area contributed by atoms with Crippen LogP contribution >= 0.6 is 0 Å². The number of benzene rings is 1. The van der Waals surface area contributed by atoms with E-state index in [9.17, 15) is 9.90 Å². The van der Waals surface area contributed by atoms with E-state index >= 15 is 0 Å². The standard InChI is InChI=1S/C12H17N3O2/c1-7(13)11(16)8-4-5-9-10(6-8)15(3)12(17)14(9)2/h4-7,11,16H,13H2,1-3H3. The van der Waals surface area contributed by atoms with E-state index in [4.69, 9.17) is 5.73 Å². The molecule has 0 aliphatic rings. The van der Waals surface area contributed by atoms with Crippen molar-refractivity contribution in [3.05, 3.63) is 34.2 Å². The van der Waals surface area contributed by atoms with Crippen molar-refractivity contribution in [1.82, 2.24) is 9.13 Å². The highest BCUT2D eigenvalue weighted by Crippen LogP contribution is 2.20. The molecular weight excluding hydrogens is 218 g/mol. The summed E-state index contributed by atoms with van der Waals surface area (Å²) in [5, 5.41) is 9.91. The van der Waals surface area contributed by atoms with Crippen molar-refractivity contribution in [3.8, 4) is 0 Å². The van der Waals surface area contributed by atoms with Crippen molar-refractivity contribution in [1.29, 1.82) is 0 Å². The quantitative estimate of drug-likeness (QED) is 0.784. The summed E-state index contributed by atoms with van der Waals surface area (Å²) in [4.78, 5) is 11.7. The third-order valence-corrected chi connectivity index (χ3v) is 3.14. The molecule has 5 heteroatoms. The van der Waals surface area contributed by atoms with Gasteiger partial charge >= 0.3 is 5.69 Å². The average Bonchev–Trinajstić information content (AvgIpc) is 2.53. The molecule has 3 N–H and O–H groups in total. The van der Waals surface area contributed by atoms with Crippen LogP contribution in [0.5, 0.6) is 0 Å². The molecule has 2 unspecified atom stereocenters. The molecule has 0 radical (unpaired) electrons. The van der Waals surface area contributed by atoms with Crippen LogP contribution in [0.2, 0.25) is 0 Å². The van der Waals surface area contributed by atoms with Gasteiger partial charge in [0.15, 0.2) is 0 Å². The Morgan fingerprint density at radius 1 is 1.24 bits per heavy atom. The van der Waals surface area contributed by atoms with Gasteiger partial charge in [0.05, 0.1) is 17.1 Å². The zero-order valence-corrected chi connectivity index (χ0v) is 10.2. The van der Waals surface area contributed by atoms with E-state index in [0.29, 0.717) is 0 Å². The maximum absolute atomic E-state index is 11.7. The summed E-state index contributed by atoms with van der Waals surface area (Å²) in [5.74, 6) is 0. The number of aliphatic hydroxyl groups excluding tert-OH is 1. The maximum Gasteiger partial charge on any atom is 0.328 e. The van der Waals surface area contributed by atoms with Gasteiger partial charge in [0.1, 0.15) is 0 Å². The van der Waals surface area contributed by atoms with Gasteiger partial charge in [-0.25, -0.2) is 4.79 Å². The molecule has 0 fully saturated rings. The van der Waals surface area contributed by atoms with Crippen LogP contribution in [0.3, 0.4) is 0 Å².